The molecule has 2 atom stereocenters. The van der Waals surface area contributed by atoms with E-state index in [-0.39, 0.29) is 29.1 Å². The number of ether oxygens (including phenoxy) is 1. The molecule has 1 N–H and O–H groups in total. The number of nitrogens with one attached hydrogen (secondary N) is 1. The van der Waals surface area contributed by atoms with Crippen LogP contribution in [-0.4, -0.2) is 18.1 Å². The Morgan fingerprint density at radius 1 is 1.06 bits per heavy atom. The number of hydrogen-bond acceptors (Lipinski definition) is 5. The molecule has 0 spiro atoms. The Balaban J connectivity index is 1.26. The van der Waals surface area contributed by atoms with E-state index in [9.17, 15) is 9.59 Å². The molecule has 1 aliphatic carbocycles. The maximum atomic E-state index is 12.4. The van der Waals surface area contributed by atoms with Gasteiger partial charge in [-0.05, 0) is 70.2 Å². The second-order valence-corrected chi connectivity index (χ2v) is 9.94. The largest absolute Gasteiger partial charge is 0.422 e. The number of benzene rings is 2. The van der Waals surface area contributed by atoms with Crippen molar-refractivity contribution in [3.8, 4) is 5.75 Å². The summed E-state index contributed by atoms with van der Waals surface area (Å²) in [5, 5.41) is 5.91. The molecule has 1 amide bonds. The molecule has 164 valence electrons. The van der Waals surface area contributed by atoms with Crippen molar-refractivity contribution in [3.63, 3.8) is 0 Å². The lowest BCUT2D eigenvalue weighted by Crippen LogP contribution is -2.20. The van der Waals surface area contributed by atoms with Gasteiger partial charge in [-0.2, -0.15) is 5.10 Å². The van der Waals surface area contributed by atoms with Gasteiger partial charge in [0.05, 0.1) is 6.21 Å². The quantitative estimate of drug-likeness (QED) is 0.235. The number of rotatable bonds is 6. The Hall–Kier alpha value is -3.25. The topological polar surface area (TPSA) is 67.8 Å². The molecule has 1 fully saturated rings. The van der Waals surface area contributed by atoms with Gasteiger partial charge in [0.15, 0.2) is 0 Å². The van der Waals surface area contributed by atoms with Gasteiger partial charge in [0.25, 0.3) is 0 Å². The van der Waals surface area contributed by atoms with Crippen molar-refractivity contribution in [1.29, 1.82) is 0 Å². The fourth-order valence-corrected chi connectivity index (χ4v) is 4.11. The monoisotopic (exact) mass is 446 g/mol. The van der Waals surface area contributed by atoms with Gasteiger partial charge in [0.2, 0.25) is 5.91 Å². The SMILES string of the molecule is CC(C)(C)c1ccc([C@@H]2C[C@@H]2C(=O)N/N=C/c2ccc(OC(=O)c3cccs3)cc2)cc1. The molecule has 0 radical (unpaired) electrons. The molecule has 1 saturated carbocycles. The summed E-state index contributed by atoms with van der Waals surface area (Å²) in [6, 6.07) is 19.1. The molecule has 3 aromatic rings. The number of carbonyl (C=O) groups excluding carboxylic acids is 2. The van der Waals surface area contributed by atoms with E-state index in [4.69, 9.17) is 4.74 Å². The first-order valence-corrected chi connectivity index (χ1v) is 11.5. The van der Waals surface area contributed by atoms with Gasteiger partial charge < -0.3 is 4.74 Å². The number of hydrazone groups is 1. The minimum atomic E-state index is -0.374. The normalized spacial score (nSPS) is 17.8. The van der Waals surface area contributed by atoms with Crippen LogP contribution in [0.3, 0.4) is 0 Å². The molecule has 2 aromatic carbocycles. The number of amides is 1. The molecule has 4 rings (SSSR count). The predicted molar refractivity (Wildman–Crippen MR) is 127 cm³/mol. The van der Waals surface area contributed by atoms with E-state index >= 15 is 0 Å². The summed E-state index contributed by atoms with van der Waals surface area (Å²) in [5.74, 6) is 0.249. The summed E-state index contributed by atoms with van der Waals surface area (Å²) in [6.45, 7) is 6.58. The van der Waals surface area contributed by atoms with Gasteiger partial charge in [-0.1, -0.05) is 51.1 Å². The zero-order valence-electron chi connectivity index (χ0n) is 18.4. The van der Waals surface area contributed by atoms with Crippen LogP contribution in [-0.2, 0) is 10.2 Å². The zero-order chi connectivity index (χ0) is 22.7. The molecular weight excluding hydrogens is 420 g/mol. The highest BCUT2D eigenvalue weighted by atomic mass is 32.1. The van der Waals surface area contributed by atoms with Crippen molar-refractivity contribution in [2.75, 3.05) is 0 Å². The molecule has 1 aliphatic rings. The maximum absolute atomic E-state index is 12.4. The molecule has 0 bridgehead atoms. The Bertz CT molecular complexity index is 1110. The van der Waals surface area contributed by atoms with Gasteiger partial charge in [-0.15, -0.1) is 11.3 Å². The highest BCUT2D eigenvalue weighted by Crippen LogP contribution is 2.47. The molecule has 0 saturated heterocycles. The van der Waals surface area contributed by atoms with Crippen LogP contribution in [0.1, 0.15) is 59.5 Å². The zero-order valence-corrected chi connectivity index (χ0v) is 19.2. The van der Waals surface area contributed by atoms with E-state index in [1.807, 2.05) is 11.4 Å². The molecule has 5 nitrogen and oxygen atoms in total. The summed E-state index contributed by atoms with van der Waals surface area (Å²) >= 11 is 1.34. The van der Waals surface area contributed by atoms with E-state index in [2.05, 4.69) is 55.6 Å². The van der Waals surface area contributed by atoms with Crippen LogP contribution < -0.4 is 10.2 Å². The first-order chi connectivity index (χ1) is 15.3. The third kappa shape index (κ3) is 5.32. The van der Waals surface area contributed by atoms with Gasteiger partial charge in [-0.25, -0.2) is 10.2 Å². The second-order valence-electron chi connectivity index (χ2n) is 8.99. The lowest BCUT2D eigenvalue weighted by molar-refractivity contribution is -0.122. The molecular formula is C26H26N2O3S. The summed E-state index contributed by atoms with van der Waals surface area (Å²) in [5.41, 5.74) is 6.06. The number of hydrogen-bond donors (Lipinski definition) is 1. The van der Waals surface area contributed by atoms with Crippen LogP contribution in [0.2, 0.25) is 0 Å². The molecule has 1 aromatic heterocycles. The molecule has 0 unspecified atom stereocenters. The van der Waals surface area contributed by atoms with Crippen LogP contribution in [0.4, 0.5) is 0 Å². The third-order valence-corrected chi connectivity index (χ3v) is 6.38. The highest BCUT2D eigenvalue weighted by molar-refractivity contribution is 7.12. The van der Waals surface area contributed by atoms with Crippen molar-refractivity contribution in [2.24, 2.45) is 11.0 Å². The highest BCUT2D eigenvalue weighted by Gasteiger charge is 2.44. The lowest BCUT2D eigenvalue weighted by Gasteiger charge is -2.19. The number of esters is 1. The van der Waals surface area contributed by atoms with Crippen LogP contribution >= 0.6 is 11.3 Å². The molecule has 6 heteroatoms. The minimum Gasteiger partial charge on any atom is -0.422 e. The fraction of sp³-hybridized carbons (Fsp3) is 0.269. The third-order valence-electron chi connectivity index (χ3n) is 5.53. The maximum Gasteiger partial charge on any atom is 0.353 e. The van der Waals surface area contributed by atoms with Crippen LogP contribution in [0, 0.1) is 5.92 Å². The van der Waals surface area contributed by atoms with Gasteiger partial charge in [-0.3, -0.25) is 4.79 Å². The van der Waals surface area contributed by atoms with Crippen LogP contribution in [0.25, 0.3) is 0 Å². The van der Waals surface area contributed by atoms with Gasteiger partial charge in [0, 0.05) is 5.92 Å². The smallest absolute Gasteiger partial charge is 0.353 e. The summed E-state index contributed by atoms with van der Waals surface area (Å²) < 4.78 is 5.33. The van der Waals surface area contributed by atoms with Crippen LogP contribution in [0.5, 0.6) is 5.75 Å². The minimum absolute atomic E-state index is 0.0355. The average Bonchev–Trinajstić information content (AvgIpc) is 3.38. The van der Waals surface area contributed by atoms with Crippen molar-refractivity contribution in [1.82, 2.24) is 5.43 Å². The Labute approximate surface area is 192 Å². The standard InChI is InChI=1S/C26H26N2O3S/c1-26(2,3)19-10-8-18(9-11-19)21-15-22(21)24(29)28-27-16-17-6-12-20(13-7-17)31-25(30)23-5-4-14-32-23/h4-14,16,21-22H,15H2,1-3H3,(H,28,29)/b27-16+/t21-,22-/m0/s1. The lowest BCUT2D eigenvalue weighted by atomic mass is 9.86. The van der Waals surface area contributed by atoms with E-state index in [0.717, 1.165) is 12.0 Å². The van der Waals surface area contributed by atoms with Crippen LogP contribution in [0.15, 0.2) is 71.1 Å². The second kappa shape index (κ2) is 9.09. The van der Waals surface area contributed by atoms with E-state index in [0.29, 0.717) is 10.6 Å². The van der Waals surface area contributed by atoms with Crippen molar-refractivity contribution < 1.29 is 14.3 Å². The number of thiophene rings is 1. The van der Waals surface area contributed by atoms with E-state index in [1.54, 1.807) is 36.5 Å². The van der Waals surface area contributed by atoms with Gasteiger partial charge >= 0.3 is 5.97 Å². The first-order valence-electron chi connectivity index (χ1n) is 10.6. The van der Waals surface area contributed by atoms with Crippen molar-refractivity contribution in [2.45, 2.75) is 38.5 Å². The Morgan fingerprint density at radius 2 is 1.78 bits per heavy atom. The summed E-state index contributed by atoms with van der Waals surface area (Å²) in [4.78, 5) is 24.9. The Kier molecular flexibility index (Phi) is 6.24. The summed E-state index contributed by atoms with van der Waals surface area (Å²) in [6.07, 6.45) is 2.43. The molecule has 0 aliphatic heterocycles. The van der Waals surface area contributed by atoms with Gasteiger partial charge in [0.1, 0.15) is 10.6 Å². The fourth-order valence-electron chi connectivity index (χ4n) is 3.51. The number of carbonyl (C=O) groups is 2. The predicted octanol–water partition coefficient (Wildman–Crippen LogP) is 5.52. The van der Waals surface area contributed by atoms with E-state index in [1.165, 1.54) is 22.5 Å². The van der Waals surface area contributed by atoms with E-state index < -0.39 is 0 Å². The van der Waals surface area contributed by atoms with Crippen molar-refractivity contribution >= 4 is 29.4 Å². The Morgan fingerprint density at radius 3 is 2.41 bits per heavy atom. The first kappa shape index (κ1) is 22.0. The molecule has 1 heterocycles. The number of nitrogens with zero attached hydrogens (tertiary/aromatic N) is 1. The average molecular weight is 447 g/mol. The molecule has 32 heavy (non-hydrogen) atoms. The summed E-state index contributed by atoms with van der Waals surface area (Å²) in [7, 11) is 0. The van der Waals surface area contributed by atoms with Crippen molar-refractivity contribution in [3.05, 3.63) is 87.6 Å².